The fourth-order valence-electron chi connectivity index (χ4n) is 2.71. The molecular weight excluding hydrogens is 328 g/mol. The number of nitrogens with zero attached hydrogens (tertiary/aromatic N) is 4. The molecule has 0 amide bonds. The van der Waals surface area contributed by atoms with Gasteiger partial charge in [-0.2, -0.15) is 0 Å². The third-order valence-corrected chi connectivity index (χ3v) is 4.28. The highest BCUT2D eigenvalue weighted by Gasteiger charge is 2.10. The monoisotopic (exact) mass is 346 g/mol. The van der Waals surface area contributed by atoms with Gasteiger partial charge in [0.15, 0.2) is 0 Å². The van der Waals surface area contributed by atoms with Crippen LogP contribution in [0.5, 0.6) is 5.75 Å². The van der Waals surface area contributed by atoms with Gasteiger partial charge in [0, 0.05) is 18.1 Å². The van der Waals surface area contributed by atoms with Gasteiger partial charge in [0.05, 0.1) is 5.69 Å². The predicted molar refractivity (Wildman–Crippen MR) is 98.8 cm³/mol. The van der Waals surface area contributed by atoms with Crippen LogP contribution in [0.15, 0.2) is 65.7 Å². The molecule has 0 unspecified atom stereocenters. The van der Waals surface area contributed by atoms with E-state index in [2.05, 4.69) is 9.97 Å². The van der Waals surface area contributed by atoms with E-state index in [0.717, 1.165) is 17.0 Å². The third kappa shape index (κ3) is 2.97. The number of hydrogen-bond acceptors (Lipinski definition) is 4. The van der Waals surface area contributed by atoms with E-state index in [4.69, 9.17) is 4.74 Å². The lowest BCUT2D eigenvalue weighted by Gasteiger charge is -2.07. The molecule has 6 heteroatoms. The zero-order valence-electron chi connectivity index (χ0n) is 14.6. The van der Waals surface area contributed by atoms with Crippen molar-refractivity contribution in [2.45, 2.75) is 20.5 Å². The van der Waals surface area contributed by atoms with Crippen LogP contribution in [0.3, 0.4) is 0 Å². The highest BCUT2D eigenvalue weighted by atomic mass is 16.5. The van der Waals surface area contributed by atoms with Gasteiger partial charge in [-0.3, -0.25) is 8.97 Å². The van der Waals surface area contributed by atoms with Gasteiger partial charge >= 0.3 is 5.69 Å². The van der Waals surface area contributed by atoms with E-state index >= 15 is 0 Å². The molecular formula is C20H18N4O2. The van der Waals surface area contributed by atoms with Gasteiger partial charge < -0.3 is 4.74 Å². The van der Waals surface area contributed by atoms with Crippen LogP contribution >= 0.6 is 0 Å². The summed E-state index contributed by atoms with van der Waals surface area (Å²) in [6.07, 6.45) is 3.40. The van der Waals surface area contributed by atoms with Gasteiger partial charge in [0.25, 0.3) is 0 Å². The van der Waals surface area contributed by atoms with E-state index in [1.807, 2.05) is 56.3 Å². The standard InChI is InChI=1S/C20H18N4O2/c1-14-8-9-18(21-15(14)2)23-11-10-19-22-16(12-24(19)20(23)25)13-26-17-6-4-3-5-7-17/h3-12H,13H2,1-2H3. The molecule has 0 radical (unpaired) electrons. The minimum atomic E-state index is -0.211. The van der Waals surface area contributed by atoms with E-state index in [-0.39, 0.29) is 5.69 Å². The molecule has 4 rings (SSSR count). The van der Waals surface area contributed by atoms with Crippen LogP contribution in [0.1, 0.15) is 17.0 Å². The fraction of sp³-hybridized carbons (Fsp3) is 0.150. The average molecular weight is 346 g/mol. The van der Waals surface area contributed by atoms with E-state index < -0.39 is 0 Å². The molecule has 0 bridgehead atoms. The number of rotatable bonds is 4. The highest BCUT2D eigenvalue weighted by molar-refractivity contribution is 5.40. The number of pyridine rings is 1. The SMILES string of the molecule is Cc1ccc(-n2ccc3nc(COc4ccccc4)cn3c2=O)nc1C. The van der Waals surface area contributed by atoms with Crippen LogP contribution in [-0.4, -0.2) is 18.9 Å². The molecule has 0 fully saturated rings. The Morgan fingerprint density at radius 1 is 1.00 bits per heavy atom. The number of hydrogen-bond donors (Lipinski definition) is 0. The molecule has 0 aliphatic rings. The lowest BCUT2D eigenvalue weighted by Crippen LogP contribution is -2.25. The van der Waals surface area contributed by atoms with Gasteiger partial charge in [-0.05, 0) is 43.7 Å². The summed E-state index contributed by atoms with van der Waals surface area (Å²) in [7, 11) is 0. The van der Waals surface area contributed by atoms with E-state index in [0.29, 0.717) is 23.8 Å². The Morgan fingerprint density at radius 3 is 2.58 bits per heavy atom. The normalized spacial score (nSPS) is 11.0. The zero-order chi connectivity index (χ0) is 18.1. The average Bonchev–Trinajstić information content (AvgIpc) is 3.08. The molecule has 0 saturated heterocycles. The maximum atomic E-state index is 12.8. The summed E-state index contributed by atoms with van der Waals surface area (Å²) < 4.78 is 8.74. The first-order valence-corrected chi connectivity index (χ1v) is 8.34. The largest absolute Gasteiger partial charge is 0.487 e. The quantitative estimate of drug-likeness (QED) is 0.570. The number of imidazole rings is 1. The van der Waals surface area contributed by atoms with Crippen LogP contribution in [0.2, 0.25) is 0 Å². The minimum Gasteiger partial charge on any atom is -0.487 e. The summed E-state index contributed by atoms with van der Waals surface area (Å²) in [5, 5.41) is 0. The molecule has 0 aliphatic heterocycles. The summed E-state index contributed by atoms with van der Waals surface area (Å²) in [6, 6.07) is 15.1. The summed E-state index contributed by atoms with van der Waals surface area (Å²) in [5.74, 6) is 1.36. The van der Waals surface area contributed by atoms with Crippen LogP contribution < -0.4 is 10.4 Å². The maximum Gasteiger partial charge on any atom is 0.339 e. The molecule has 3 aromatic heterocycles. The number of ether oxygens (including phenoxy) is 1. The Hall–Kier alpha value is -3.41. The minimum absolute atomic E-state index is 0.211. The van der Waals surface area contributed by atoms with Gasteiger partial charge in [-0.25, -0.2) is 14.8 Å². The first-order valence-electron chi connectivity index (χ1n) is 8.34. The second-order valence-electron chi connectivity index (χ2n) is 6.10. The van der Waals surface area contributed by atoms with Crippen molar-refractivity contribution < 1.29 is 4.74 Å². The molecule has 0 saturated carbocycles. The number of aryl methyl sites for hydroxylation is 2. The van der Waals surface area contributed by atoms with E-state index in [1.165, 1.54) is 8.97 Å². The van der Waals surface area contributed by atoms with Crippen molar-refractivity contribution in [1.29, 1.82) is 0 Å². The molecule has 130 valence electrons. The molecule has 6 nitrogen and oxygen atoms in total. The second-order valence-corrected chi connectivity index (χ2v) is 6.10. The Bertz CT molecular complexity index is 1130. The Kier molecular flexibility index (Phi) is 4.01. The summed E-state index contributed by atoms with van der Waals surface area (Å²) >= 11 is 0. The predicted octanol–water partition coefficient (Wildman–Crippen LogP) is 3.08. The fourth-order valence-corrected chi connectivity index (χ4v) is 2.71. The van der Waals surface area contributed by atoms with Gasteiger partial charge in [0.1, 0.15) is 23.8 Å². The van der Waals surface area contributed by atoms with Gasteiger partial charge in [-0.1, -0.05) is 24.3 Å². The van der Waals surface area contributed by atoms with Crippen molar-refractivity contribution in [3.63, 3.8) is 0 Å². The van der Waals surface area contributed by atoms with Crippen molar-refractivity contribution in [3.8, 4) is 11.6 Å². The highest BCUT2D eigenvalue weighted by Crippen LogP contribution is 2.12. The van der Waals surface area contributed by atoms with Crippen molar-refractivity contribution in [2.24, 2.45) is 0 Å². The topological polar surface area (TPSA) is 61.4 Å². The Balaban J connectivity index is 1.67. The van der Waals surface area contributed by atoms with Crippen LogP contribution in [0.25, 0.3) is 11.5 Å². The molecule has 0 spiro atoms. The number of fused-ring (bicyclic) bond motifs is 1. The molecule has 3 heterocycles. The molecule has 0 aliphatic carbocycles. The molecule has 26 heavy (non-hydrogen) atoms. The Labute approximate surface area is 150 Å². The molecule has 4 aromatic rings. The summed E-state index contributed by atoms with van der Waals surface area (Å²) in [4.78, 5) is 21.8. The molecule has 0 N–H and O–H groups in total. The molecule has 0 atom stereocenters. The Morgan fingerprint density at radius 2 is 1.81 bits per heavy atom. The van der Waals surface area contributed by atoms with Gasteiger partial charge in [0.2, 0.25) is 0 Å². The second kappa shape index (κ2) is 6.48. The van der Waals surface area contributed by atoms with E-state index in [1.54, 1.807) is 18.5 Å². The summed E-state index contributed by atoms with van der Waals surface area (Å²) in [5.41, 5.74) is 3.05. The van der Waals surface area contributed by atoms with Crippen LogP contribution in [0, 0.1) is 13.8 Å². The summed E-state index contributed by atoms with van der Waals surface area (Å²) in [6.45, 7) is 4.22. The lowest BCUT2D eigenvalue weighted by atomic mass is 10.2. The first-order chi connectivity index (χ1) is 12.6. The lowest BCUT2D eigenvalue weighted by molar-refractivity contribution is 0.302. The smallest absolute Gasteiger partial charge is 0.339 e. The number of para-hydroxylation sites is 1. The van der Waals surface area contributed by atoms with Gasteiger partial charge in [-0.15, -0.1) is 0 Å². The van der Waals surface area contributed by atoms with Crippen LogP contribution in [0.4, 0.5) is 0 Å². The first kappa shape index (κ1) is 16.1. The third-order valence-electron chi connectivity index (χ3n) is 4.28. The van der Waals surface area contributed by atoms with Crippen LogP contribution in [-0.2, 0) is 6.61 Å². The van der Waals surface area contributed by atoms with Crippen molar-refractivity contribution >= 4 is 5.65 Å². The van der Waals surface area contributed by atoms with Crippen molar-refractivity contribution in [2.75, 3.05) is 0 Å². The number of aromatic nitrogens is 4. The zero-order valence-corrected chi connectivity index (χ0v) is 14.6. The van der Waals surface area contributed by atoms with E-state index in [9.17, 15) is 4.79 Å². The van der Waals surface area contributed by atoms with Crippen molar-refractivity contribution in [1.82, 2.24) is 18.9 Å². The maximum absolute atomic E-state index is 12.8. The molecule has 1 aromatic carbocycles. The number of benzene rings is 1. The van der Waals surface area contributed by atoms with Crippen molar-refractivity contribution in [3.05, 3.63) is 88.4 Å².